The number of aryl methyl sites for hydroxylation is 2. The molecule has 2 aromatic heterocycles. The number of hydrogen-bond acceptors (Lipinski definition) is 3. The molecule has 3 aliphatic carbocycles. The summed E-state index contributed by atoms with van der Waals surface area (Å²) in [6.07, 6.45) is 35.4. The molecular weight excluding hydrogens is 1350 g/mol. The molecule has 0 saturated heterocycles. The highest BCUT2D eigenvalue weighted by Gasteiger charge is 2.20. The van der Waals surface area contributed by atoms with Crippen molar-refractivity contribution in [1.29, 1.82) is 0 Å². The van der Waals surface area contributed by atoms with Crippen molar-refractivity contribution in [3.63, 3.8) is 0 Å². The Hall–Kier alpha value is -3.53. The molecule has 2 fully saturated rings. The average Bonchev–Trinajstić information content (AvgIpc) is 0.933. The van der Waals surface area contributed by atoms with Gasteiger partial charge >= 0.3 is 0 Å². The van der Waals surface area contributed by atoms with Crippen molar-refractivity contribution < 1.29 is 4.79 Å². The first-order valence-electron chi connectivity index (χ1n) is 44.6. The van der Waals surface area contributed by atoms with Gasteiger partial charge in [0.25, 0.3) is 0 Å². The Bertz CT molecular complexity index is 2510. The maximum absolute atomic E-state index is 11.2. The molecule has 632 valence electrons. The van der Waals surface area contributed by atoms with Gasteiger partial charge in [0.2, 0.25) is 0 Å². The number of pyridine rings is 2. The first kappa shape index (κ1) is 118. The minimum absolute atomic E-state index is 0.293. The van der Waals surface area contributed by atoms with E-state index < -0.39 is 0 Å². The molecule has 2 saturated carbocycles. The molecular formula is C103H190Cl2N2O. The monoisotopic (exact) mass is 1540 g/mol. The van der Waals surface area contributed by atoms with Gasteiger partial charge in [0.1, 0.15) is 0 Å². The van der Waals surface area contributed by atoms with E-state index in [4.69, 9.17) is 23.2 Å². The van der Waals surface area contributed by atoms with Crippen LogP contribution in [0.2, 0.25) is 10.0 Å². The number of allylic oxidation sites excluding steroid dienone is 4. The van der Waals surface area contributed by atoms with Crippen LogP contribution in [0, 0.1) is 107 Å². The van der Waals surface area contributed by atoms with Gasteiger partial charge in [0, 0.05) is 40.2 Å². The van der Waals surface area contributed by atoms with Crippen molar-refractivity contribution >= 4 is 29.0 Å². The van der Waals surface area contributed by atoms with E-state index in [9.17, 15) is 4.79 Å². The molecule has 4 aromatic rings. The van der Waals surface area contributed by atoms with Gasteiger partial charge in [-0.15, -0.1) is 0 Å². The van der Waals surface area contributed by atoms with Crippen molar-refractivity contribution in [3.05, 3.63) is 153 Å². The summed E-state index contributed by atoms with van der Waals surface area (Å²) in [5, 5.41) is 1.78. The number of hydrogen-bond donors (Lipinski definition) is 0. The highest BCUT2D eigenvalue weighted by atomic mass is 35.5. The van der Waals surface area contributed by atoms with E-state index in [-0.39, 0.29) is 0 Å². The second-order valence-corrected chi connectivity index (χ2v) is 37.7. The van der Waals surface area contributed by atoms with E-state index >= 15 is 0 Å². The minimum atomic E-state index is 0.293. The fourth-order valence-corrected chi connectivity index (χ4v) is 10.8. The number of Topliss-reactive ketones (excluding diaryl/α,β-unsaturated/α-hetero) is 1. The van der Waals surface area contributed by atoms with Crippen molar-refractivity contribution in [1.82, 2.24) is 9.97 Å². The van der Waals surface area contributed by atoms with E-state index in [0.29, 0.717) is 35.4 Å². The van der Waals surface area contributed by atoms with Crippen LogP contribution in [0.5, 0.6) is 0 Å². The van der Waals surface area contributed by atoms with Crippen LogP contribution in [0.4, 0.5) is 0 Å². The first-order valence-corrected chi connectivity index (χ1v) is 45.3. The van der Waals surface area contributed by atoms with Gasteiger partial charge in [0.05, 0.1) is 0 Å². The summed E-state index contributed by atoms with van der Waals surface area (Å²) in [7, 11) is 0. The number of nitrogens with zero attached hydrogens (tertiary/aromatic N) is 2. The molecule has 5 heteroatoms. The van der Waals surface area contributed by atoms with Gasteiger partial charge < -0.3 is 0 Å². The van der Waals surface area contributed by atoms with Crippen molar-refractivity contribution in [2.24, 2.45) is 100 Å². The Labute approximate surface area is 690 Å². The smallest absolute Gasteiger partial charge is 0.162 e. The Morgan fingerprint density at radius 3 is 1.06 bits per heavy atom. The lowest BCUT2D eigenvalue weighted by molar-refractivity contribution is -0.115. The van der Waals surface area contributed by atoms with E-state index in [2.05, 4.69) is 282 Å². The fraction of sp³-hybridized carbons (Fsp3) is 0.738. The molecule has 0 unspecified atom stereocenters. The molecule has 0 atom stereocenters. The van der Waals surface area contributed by atoms with Gasteiger partial charge in [-0.25, -0.2) is 0 Å². The van der Waals surface area contributed by atoms with Crippen LogP contribution in [0.1, 0.15) is 393 Å². The summed E-state index contributed by atoms with van der Waals surface area (Å²) >= 11 is 11.9. The number of carbonyl (C=O) groups is 1. The number of halogens is 2. The zero-order chi connectivity index (χ0) is 85.1. The number of ketones is 1. The van der Waals surface area contributed by atoms with Crippen LogP contribution in [0.25, 0.3) is 0 Å². The number of aromatic nitrogens is 2. The topological polar surface area (TPSA) is 42.9 Å². The number of carbonyl (C=O) groups excluding carboxylic acids is 1. The molecule has 0 spiro atoms. The zero-order valence-corrected chi connectivity index (χ0v) is 81.3. The lowest BCUT2D eigenvalue weighted by Crippen LogP contribution is -2.16. The third-order valence-electron chi connectivity index (χ3n) is 18.5. The van der Waals surface area contributed by atoms with Crippen LogP contribution in [-0.4, -0.2) is 15.8 Å². The van der Waals surface area contributed by atoms with Crippen LogP contribution >= 0.6 is 23.2 Å². The molecule has 2 aromatic carbocycles. The van der Waals surface area contributed by atoms with Gasteiger partial charge in [-0.3, -0.25) is 14.8 Å². The highest BCUT2D eigenvalue weighted by Crippen LogP contribution is 2.33. The predicted molar refractivity (Wildman–Crippen MR) is 500 cm³/mol. The quantitative estimate of drug-likeness (QED) is 0.0788. The van der Waals surface area contributed by atoms with E-state index in [1.807, 2.05) is 102 Å². The normalized spacial score (nSPS) is 12.7. The SMILES string of the molecule is CC.CC.CC(C)C(C)(C)C.CC(C)C(C)C.CC(C)C1CCC1.CC(C)CC(C)C.CC(C)CC1=CC=CCC1=O.CC(C)CC1CCC1.CC(C)Cc1ccccc1Cl.CC(C)Cc1ccccc1Cl.CCCC(C)C.CCCCC(C)C.CCc1ccc(CC(C)C)cn1.Cc1ccc(CC(C)C)cn1. The molecule has 0 aliphatic heterocycles. The molecule has 2 heterocycles. The number of rotatable bonds is 22. The number of unbranched alkanes of at least 4 members (excludes halogenated alkanes) is 1. The van der Waals surface area contributed by atoms with Crippen LogP contribution < -0.4 is 0 Å². The summed E-state index contributed by atoms with van der Waals surface area (Å²) in [4.78, 5) is 19.8. The Balaban J connectivity index is -0.000000207. The van der Waals surface area contributed by atoms with Crippen LogP contribution in [0.15, 0.2) is 109 Å². The van der Waals surface area contributed by atoms with Gasteiger partial charge in [0.15, 0.2) is 5.78 Å². The number of benzene rings is 2. The minimum Gasteiger partial charge on any atom is -0.294 e. The van der Waals surface area contributed by atoms with E-state index in [1.165, 1.54) is 111 Å². The van der Waals surface area contributed by atoms with E-state index in [0.717, 1.165) is 137 Å². The van der Waals surface area contributed by atoms with Gasteiger partial charge in [-0.1, -0.05) is 424 Å². The molecule has 108 heavy (non-hydrogen) atoms. The van der Waals surface area contributed by atoms with Gasteiger partial charge in [-0.2, -0.15) is 0 Å². The molecule has 7 rings (SSSR count). The van der Waals surface area contributed by atoms with Gasteiger partial charge in [-0.05, 0) is 210 Å². The van der Waals surface area contributed by atoms with E-state index in [1.54, 1.807) is 0 Å². The zero-order valence-electron chi connectivity index (χ0n) is 79.8. The molecule has 0 bridgehead atoms. The molecule has 3 aliphatic rings. The third-order valence-corrected chi connectivity index (χ3v) is 19.3. The second-order valence-electron chi connectivity index (χ2n) is 36.9. The Morgan fingerprint density at radius 2 is 0.852 bits per heavy atom. The molecule has 0 N–H and O–H groups in total. The Kier molecular flexibility index (Phi) is 83.0. The maximum Gasteiger partial charge on any atom is 0.162 e. The standard InChI is InChI=1S/C11H17N.2C10H13Cl.C10H15N.C10H14O.C8H16.C7H14.3C7H16.2C6H14.2C2H6/c1-4-11-6-5-10(8-12-11)7-9(2)3;2*1-8(2)7-9-5-3-4-6-10(9)11;1-8(2)6-10-5-4-9(3)11-7-10;1-8(2)7-9-5-3-4-6-10(9)11;1-7(2)6-8-4-3-5-8;1-6(2)7-4-3-5-7;1-6(2)7(3,4)5;1-6(2)5-7(3)4;1-4-5-6-7(2)3;1-5(2)6(3)4;1-4-5-6(2)3;2*1-2/h5-6,8-9H,4,7H2,1-3H3;2*3-6,8H,7H2,1-2H3;4-5,7-8H,6H2,1-3H3;3-5,8H,6-7H2,1-2H3;7-8H,3-6H2,1-2H3;6-7H,3-5H2,1-2H3;6H,1-5H3;6-7H,5H2,1-4H3;7H,4-6H2,1-3H3;5-6H,1-4H3;6H,4-5H2,1-3H3;2*1-2H3. The summed E-state index contributed by atoms with van der Waals surface area (Å²) in [5.41, 5.74) is 8.96. The third kappa shape index (κ3) is 83.4. The Morgan fingerprint density at radius 1 is 0.454 bits per heavy atom. The average molecular weight is 1540 g/mol. The largest absolute Gasteiger partial charge is 0.294 e. The molecule has 0 radical (unpaired) electrons. The van der Waals surface area contributed by atoms with Crippen LogP contribution in [0.3, 0.4) is 0 Å². The van der Waals surface area contributed by atoms with Crippen LogP contribution in [-0.2, 0) is 36.9 Å². The van der Waals surface area contributed by atoms with Crippen molar-refractivity contribution in [2.45, 2.75) is 398 Å². The van der Waals surface area contributed by atoms with Crippen molar-refractivity contribution in [3.8, 4) is 0 Å². The lowest BCUT2D eigenvalue weighted by atomic mass is 9.78. The molecule has 0 amide bonds. The summed E-state index contributed by atoms with van der Waals surface area (Å²) in [6.45, 7) is 86.2. The summed E-state index contributed by atoms with van der Waals surface area (Å²) in [5.74, 6) is 13.8. The summed E-state index contributed by atoms with van der Waals surface area (Å²) < 4.78 is 0. The maximum atomic E-state index is 11.2. The molecule has 3 nitrogen and oxygen atoms in total. The fourth-order valence-electron chi connectivity index (χ4n) is 10.4. The first-order chi connectivity index (χ1) is 50.3. The second kappa shape index (κ2) is 76.1. The van der Waals surface area contributed by atoms with Crippen molar-refractivity contribution in [2.75, 3.05) is 0 Å². The summed E-state index contributed by atoms with van der Waals surface area (Å²) in [6, 6.07) is 24.6. The predicted octanol–water partition coefficient (Wildman–Crippen LogP) is 35.3. The lowest BCUT2D eigenvalue weighted by Gasteiger charge is -2.28. The highest BCUT2D eigenvalue weighted by molar-refractivity contribution is 6.31.